The van der Waals surface area contributed by atoms with Crippen LogP contribution >= 0.6 is 0 Å². The smallest absolute Gasteiger partial charge is 0.314 e. The molecule has 2 aliphatic rings. The van der Waals surface area contributed by atoms with Crippen LogP contribution in [0.3, 0.4) is 0 Å². The lowest BCUT2D eigenvalue weighted by atomic mass is 9.63. The predicted octanol–water partition coefficient (Wildman–Crippen LogP) is 5.03. The van der Waals surface area contributed by atoms with Gasteiger partial charge in [-0.1, -0.05) is 49.2 Å². The Balaban J connectivity index is 1.42. The normalized spacial score (nSPS) is 26.7. The van der Waals surface area contributed by atoms with Crippen LogP contribution in [0, 0.1) is 23.7 Å². The van der Waals surface area contributed by atoms with Gasteiger partial charge in [0.2, 0.25) is 0 Å². The van der Waals surface area contributed by atoms with Crippen molar-refractivity contribution in [2.24, 2.45) is 23.7 Å². The van der Waals surface area contributed by atoms with Gasteiger partial charge >= 0.3 is 11.9 Å². The average molecular weight is 378 g/mol. The molecule has 0 aromatic heterocycles. The Hall–Kier alpha value is -2.62. The number of hydrogen-bond acceptors (Lipinski definition) is 4. The third-order valence-corrected chi connectivity index (χ3v) is 6.21. The Bertz CT molecular complexity index is 802. The van der Waals surface area contributed by atoms with E-state index in [-0.39, 0.29) is 29.7 Å². The summed E-state index contributed by atoms with van der Waals surface area (Å²) >= 11 is 0. The Morgan fingerprint density at radius 1 is 0.714 bits per heavy atom. The van der Waals surface area contributed by atoms with Crippen molar-refractivity contribution >= 4 is 11.9 Å². The van der Waals surface area contributed by atoms with Crippen LogP contribution in [0.15, 0.2) is 60.7 Å². The second-order valence-corrected chi connectivity index (χ2v) is 7.94. The topological polar surface area (TPSA) is 52.6 Å². The van der Waals surface area contributed by atoms with Crippen LogP contribution < -0.4 is 9.47 Å². The van der Waals surface area contributed by atoms with Crippen molar-refractivity contribution in [3.05, 3.63) is 60.7 Å². The van der Waals surface area contributed by atoms with Crippen LogP contribution in [0.5, 0.6) is 11.5 Å². The number of hydrogen-bond donors (Lipinski definition) is 0. The fraction of sp³-hybridized carbons (Fsp3) is 0.417. The first kappa shape index (κ1) is 18.7. The average Bonchev–Trinajstić information content (AvgIpc) is 2.74. The van der Waals surface area contributed by atoms with Crippen molar-refractivity contribution in [2.75, 3.05) is 0 Å². The number of para-hydroxylation sites is 2. The summed E-state index contributed by atoms with van der Waals surface area (Å²) in [6.45, 7) is 0. The summed E-state index contributed by atoms with van der Waals surface area (Å²) in [6.07, 6.45) is 5.56. The number of ether oxygens (including phenoxy) is 2. The third-order valence-electron chi connectivity index (χ3n) is 6.21. The molecule has 146 valence electrons. The lowest BCUT2D eigenvalue weighted by Crippen LogP contribution is -2.41. The van der Waals surface area contributed by atoms with Crippen molar-refractivity contribution in [3.8, 4) is 11.5 Å². The zero-order valence-electron chi connectivity index (χ0n) is 16.0. The zero-order chi connectivity index (χ0) is 19.3. The van der Waals surface area contributed by atoms with Gasteiger partial charge in [-0.2, -0.15) is 0 Å². The van der Waals surface area contributed by atoms with Crippen LogP contribution in [-0.4, -0.2) is 11.9 Å². The second kappa shape index (κ2) is 8.59. The van der Waals surface area contributed by atoms with E-state index < -0.39 is 0 Å². The molecule has 0 aliphatic heterocycles. The molecule has 4 atom stereocenters. The van der Waals surface area contributed by atoms with E-state index in [4.69, 9.17) is 9.47 Å². The minimum Gasteiger partial charge on any atom is -0.426 e. The highest BCUT2D eigenvalue weighted by Crippen LogP contribution is 2.46. The minimum atomic E-state index is -0.176. The molecule has 2 aromatic rings. The summed E-state index contributed by atoms with van der Waals surface area (Å²) in [6, 6.07) is 18.4. The molecule has 0 heterocycles. The standard InChI is InChI=1S/C24H26O4/c25-23(27-19-9-3-1-4-10-19)18-15-14-17-8-7-13-21(22(17)16-18)24(26)28-20-11-5-2-6-12-20/h1-6,9-12,17-18,21-22H,7-8,13-16H2. The Kier molecular flexibility index (Phi) is 5.75. The van der Waals surface area contributed by atoms with Crippen LogP contribution in [0.4, 0.5) is 0 Å². The molecule has 4 unspecified atom stereocenters. The van der Waals surface area contributed by atoms with E-state index in [1.165, 1.54) is 0 Å². The van der Waals surface area contributed by atoms with Crippen molar-refractivity contribution in [2.45, 2.75) is 38.5 Å². The van der Waals surface area contributed by atoms with Crippen molar-refractivity contribution in [1.82, 2.24) is 0 Å². The maximum absolute atomic E-state index is 12.9. The number of carbonyl (C=O) groups is 2. The highest BCUT2D eigenvalue weighted by Gasteiger charge is 2.44. The molecule has 0 amide bonds. The molecule has 0 spiro atoms. The molecule has 28 heavy (non-hydrogen) atoms. The largest absolute Gasteiger partial charge is 0.426 e. The van der Waals surface area contributed by atoms with Crippen molar-refractivity contribution < 1.29 is 19.1 Å². The first-order valence-corrected chi connectivity index (χ1v) is 10.2. The first-order chi connectivity index (χ1) is 13.7. The molecule has 0 saturated heterocycles. The fourth-order valence-corrected chi connectivity index (χ4v) is 4.81. The predicted molar refractivity (Wildman–Crippen MR) is 106 cm³/mol. The van der Waals surface area contributed by atoms with E-state index in [0.29, 0.717) is 23.8 Å². The van der Waals surface area contributed by atoms with E-state index in [0.717, 1.165) is 32.1 Å². The van der Waals surface area contributed by atoms with Crippen molar-refractivity contribution in [1.29, 1.82) is 0 Å². The quantitative estimate of drug-likeness (QED) is 0.553. The summed E-state index contributed by atoms with van der Waals surface area (Å²) in [7, 11) is 0. The number of fused-ring (bicyclic) bond motifs is 1. The van der Waals surface area contributed by atoms with E-state index in [9.17, 15) is 9.59 Å². The molecular formula is C24H26O4. The van der Waals surface area contributed by atoms with Gasteiger partial charge in [0, 0.05) is 0 Å². The SMILES string of the molecule is O=C(Oc1ccccc1)C1CCC2CCCC(C(=O)Oc3ccccc3)C2C1. The van der Waals surface area contributed by atoms with Gasteiger partial charge in [0.05, 0.1) is 11.8 Å². The summed E-state index contributed by atoms with van der Waals surface area (Å²) in [5.74, 6) is 1.26. The highest BCUT2D eigenvalue weighted by atomic mass is 16.5. The molecule has 2 aromatic carbocycles. The maximum Gasteiger partial charge on any atom is 0.314 e. The zero-order valence-corrected chi connectivity index (χ0v) is 16.0. The van der Waals surface area contributed by atoms with Gasteiger partial charge in [0.15, 0.2) is 0 Å². The molecule has 2 fully saturated rings. The first-order valence-electron chi connectivity index (χ1n) is 10.2. The number of esters is 2. The molecule has 4 rings (SSSR count). The summed E-state index contributed by atoms with van der Waals surface area (Å²) in [5.41, 5.74) is 0. The van der Waals surface area contributed by atoms with Crippen LogP contribution in [-0.2, 0) is 9.59 Å². The molecule has 0 radical (unpaired) electrons. The second-order valence-electron chi connectivity index (χ2n) is 7.94. The van der Waals surface area contributed by atoms with Crippen LogP contribution in [0.1, 0.15) is 38.5 Å². The fourth-order valence-electron chi connectivity index (χ4n) is 4.81. The minimum absolute atomic E-state index is 0.133. The Morgan fingerprint density at radius 3 is 1.96 bits per heavy atom. The van der Waals surface area contributed by atoms with Gasteiger partial charge in [-0.05, 0) is 61.8 Å². The molecule has 0 N–H and O–H groups in total. The molecular weight excluding hydrogens is 352 g/mol. The molecule has 2 saturated carbocycles. The highest BCUT2D eigenvalue weighted by molar-refractivity contribution is 5.77. The maximum atomic E-state index is 12.9. The number of benzene rings is 2. The van der Waals surface area contributed by atoms with E-state index in [2.05, 4.69) is 0 Å². The molecule has 4 heteroatoms. The summed E-state index contributed by atoms with van der Waals surface area (Å²) in [4.78, 5) is 25.5. The van der Waals surface area contributed by atoms with Gasteiger partial charge in [-0.25, -0.2) is 0 Å². The third kappa shape index (κ3) is 4.27. The van der Waals surface area contributed by atoms with E-state index in [1.54, 1.807) is 24.3 Å². The van der Waals surface area contributed by atoms with Gasteiger partial charge in [0.25, 0.3) is 0 Å². The van der Waals surface area contributed by atoms with Gasteiger partial charge in [-0.15, -0.1) is 0 Å². The summed E-state index contributed by atoms with van der Waals surface area (Å²) in [5, 5.41) is 0. The Labute approximate surface area is 165 Å². The molecule has 2 aliphatic carbocycles. The monoisotopic (exact) mass is 378 g/mol. The van der Waals surface area contributed by atoms with Gasteiger partial charge in [-0.3, -0.25) is 9.59 Å². The van der Waals surface area contributed by atoms with Crippen molar-refractivity contribution in [3.63, 3.8) is 0 Å². The van der Waals surface area contributed by atoms with Gasteiger partial charge < -0.3 is 9.47 Å². The van der Waals surface area contributed by atoms with Crippen LogP contribution in [0.25, 0.3) is 0 Å². The van der Waals surface area contributed by atoms with Gasteiger partial charge in [0.1, 0.15) is 11.5 Å². The molecule has 0 bridgehead atoms. The number of rotatable bonds is 4. The van der Waals surface area contributed by atoms with E-state index >= 15 is 0 Å². The van der Waals surface area contributed by atoms with Crippen LogP contribution in [0.2, 0.25) is 0 Å². The van der Waals surface area contributed by atoms with E-state index in [1.807, 2.05) is 36.4 Å². The summed E-state index contributed by atoms with van der Waals surface area (Å²) < 4.78 is 11.2. The lowest BCUT2D eigenvalue weighted by Gasteiger charge is -2.42. The number of carbonyl (C=O) groups excluding carboxylic acids is 2. The Morgan fingerprint density at radius 2 is 1.32 bits per heavy atom. The lowest BCUT2D eigenvalue weighted by molar-refractivity contribution is -0.149. The molecule has 4 nitrogen and oxygen atoms in total.